The number of fused-ring (bicyclic) bond motifs is 8. The van der Waals surface area contributed by atoms with Crippen LogP contribution in [0.15, 0.2) is 158 Å². The zero-order chi connectivity index (χ0) is 55.3. The molecule has 0 radical (unpaired) electrons. The molecular formula is C69H86N8S2+6. The van der Waals surface area contributed by atoms with Crippen LogP contribution in [0.1, 0.15) is 90.8 Å². The minimum atomic E-state index is 0.411. The van der Waals surface area contributed by atoms with Crippen molar-refractivity contribution >= 4 is 99.8 Å². The van der Waals surface area contributed by atoms with Crippen molar-refractivity contribution in [3.8, 4) is 0 Å². The molecule has 4 heterocycles. The summed E-state index contributed by atoms with van der Waals surface area (Å²) in [5, 5.41) is 7.84. The highest BCUT2D eigenvalue weighted by atomic mass is 32.1. The van der Waals surface area contributed by atoms with Gasteiger partial charge in [0.1, 0.15) is 20.8 Å². The van der Waals surface area contributed by atoms with Crippen LogP contribution in [0, 0.1) is 0 Å². The van der Waals surface area contributed by atoms with Gasteiger partial charge in [0.2, 0.25) is 11.0 Å². The number of unbranched alkanes of at least 4 members (excludes halogenated alkanes) is 4. The Morgan fingerprint density at radius 1 is 0.481 bits per heavy atom. The van der Waals surface area contributed by atoms with Crippen molar-refractivity contribution in [3.05, 3.63) is 179 Å². The fourth-order valence-electron chi connectivity index (χ4n) is 11.9. The first-order valence-electron chi connectivity index (χ1n) is 29.0. The number of hydrogen-bond donors (Lipinski definition) is 0. The van der Waals surface area contributed by atoms with Gasteiger partial charge in [-0.1, -0.05) is 140 Å². The van der Waals surface area contributed by atoms with Gasteiger partial charge < -0.3 is 8.97 Å². The predicted molar refractivity (Wildman–Crippen MR) is 340 cm³/mol. The highest BCUT2D eigenvalue weighted by Gasteiger charge is 2.32. The molecule has 0 fully saturated rings. The van der Waals surface area contributed by atoms with Gasteiger partial charge in [0.15, 0.2) is 13.1 Å². The number of aryl methyl sites for hydroxylation is 2. The molecule has 79 heavy (non-hydrogen) atoms. The summed E-state index contributed by atoms with van der Waals surface area (Å²) in [4.78, 5) is 4.80. The number of nitrogens with zero attached hydrogens (tertiary/aromatic N) is 8. The van der Waals surface area contributed by atoms with Crippen molar-refractivity contribution in [2.24, 2.45) is 0 Å². The quantitative estimate of drug-likeness (QED) is 0.0249. The highest BCUT2D eigenvalue weighted by Crippen LogP contribution is 2.39. The number of quaternary nitrogens is 2. The average Bonchev–Trinajstić information content (AvgIpc) is 4.01. The van der Waals surface area contributed by atoms with Crippen LogP contribution < -0.4 is 18.9 Å². The Labute approximate surface area is 479 Å². The van der Waals surface area contributed by atoms with E-state index in [1.165, 1.54) is 119 Å². The third-order valence-corrected chi connectivity index (χ3v) is 18.4. The number of anilines is 2. The number of thiazole rings is 2. The Bertz CT molecular complexity index is 3420. The highest BCUT2D eigenvalue weighted by molar-refractivity contribution is 7.20. The second kappa shape index (κ2) is 24.4. The van der Waals surface area contributed by atoms with Crippen molar-refractivity contribution in [2.75, 3.05) is 93.4 Å². The molecule has 2 aliphatic rings. The molecule has 8 nitrogen and oxygen atoms in total. The predicted octanol–water partition coefficient (Wildman–Crippen LogP) is 14.2. The fraction of sp³-hybridized carbons (Fsp3) is 0.362. The Balaban J connectivity index is 0.763. The van der Waals surface area contributed by atoms with Gasteiger partial charge in [-0.05, 0) is 60.0 Å². The van der Waals surface area contributed by atoms with E-state index >= 15 is 0 Å². The summed E-state index contributed by atoms with van der Waals surface area (Å²) in [5.74, 6) is 3.14. The van der Waals surface area contributed by atoms with Gasteiger partial charge in [-0.15, -0.1) is 0 Å². The first-order valence-corrected chi connectivity index (χ1v) is 30.6. The zero-order valence-corrected chi connectivity index (χ0v) is 50.5. The van der Waals surface area contributed by atoms with Crippen molar-refractivity contribution in [1.82, 2.24) is 0 Å². The van der Waals surface area contributed by atoms with Gasteiger partial charge in [-0.25, -0.2) is 9.80 Å². The van der Waals surface area contributed by atoms with Crippen molar-refractivity contribution in [1.29, 1.82) is 0 Å². The van der Waals surface area contributed by atoms with E-state index in [1.807, 2.05) is 22.7 Å². The van der Waals surface area contributed by atoms with Gasteiger partial charge in [-0.2, -0.15) is 9.13 Å². The summed E-state index contributed by atoms with van der Waals surface area (Å²) < 4.78 is 14.3. The van der Waals surface area contributed by atoms with E-state index in [0.29, 0.717) is 11.8 Å². The lowest BCUT2D eigenvalue weighted by Gasteiger charge is -2.26. The number of benzene rings is 6. The van der Waals surface area contributed by atoms with Crippen molar-refractivity contribution < 1.29 is 27.3 Å². The minimum Gasteiger partial charge on any atom is -0.331 e. The summed E-state index contributed by atoms with van der Waals surface area (Å²) in [6, 6.07) is 45.1. The zero-order valence-electron chi connectivity index (χ0n) is 48.9. The van der Waals surface area contributed by atoms with Crippen LogP contribution in [-0.4, -0.2) is 113 Å². The summed E-state index contributed by atoms with van der Waals surface area (Å²) in [6.45, 7) is 4.24. The summed E-state index contributed by atoms with van der Waals surface area (Å²) in [7, 11) is 22.4. The number of aromatic nitrogens is 2. The normalized spacial score (nSPS) is 15.6. The Kier molecular flexibility index (Phi) is 17.2. The number of rotatable bonds is 20. The molecule has 408 valence electrons. The van der Waals surface area contributed by atoms with Crippen molar-refractivity contribution in [3.63, 3.8) is 0 Å². The van der Waals surface area contributed by atoms with Gasteiger partial charge in [0, 0.05) is 70.2 Å². The molecule has 10 heteroatoms. The second-order valence-electron chi connectivity index (χ2n) is 24.5. The number of hydrogen-bond acceptors (Lipinski definition) is 2. The molecule has 8 aromatic rings. The van der Waals surface area contributed by atoms with Crippen LogP contribution in [0.2, 0.25) is 0 Å². The molecule has 0 bridgehead atoms. The lowest BCUT2D eigenvalue weighted by Crippen LogP contribution is -2.41. The fourth-order valence-corrected chi connectivity index (χ4v) is 14.4. The van der Waals surface area contributed by atoms with Crippen LogP contribution in [0.4, 0.5) is 11.4 Å². The molecule has 0 spiro atoms. The maximum atomic E-state index is 2.55. The molecule has 0 N–H and O–H groups in total. The molecule has 0 saturated carbocycles. The maximum Gasteiger partial charge on any atom is 0.281 e. The topological polar surface area (TPSA) is 20.3 Å². The lowest BCUT2D eigenvalue weighted by atomic mass is 9.88. The van der Waals surface area contributed by atoms with E-state index in [9.17, 15) is 0 Å². The molecule has 2 atom stereocenters. The summed E-state index contributed by atoms with van der Waals surface area (Å²) in [6.07, 6.45) is 29.8. The third-order valence-electron chi connectivity index (χ3n) is 16.0. The third kappa shape index (κ3) is 12.9. The van der Waals surface area contributed by atoms with Crippen LogP contribution in [0.5, 0.6) is 0 Å². The molecule has 6 aromatic carbocycles. The van der Waals surface area contributed by atoms with Crippen molar-refractivity contribution in [2.45, 2.75) is 82.7 Å². The molecule has 10 rings (SSSR count). The van der Waals surface area contributed by atoms with Crippen LogP contribution >= 0.6 is 22.7 Å². The van der Waals surface area contributed by atoms with E-state index in [1.54, 1.807) is 0 Å². The first kappa shape index (κ1) is 55.7. The van der Waals surface area contributed by atoms with Gasteiger partial charge in [0.25, 0.3) is 21.7 Å². The summed E-state index contributed by atoms with van der Waals surface area (Å²) in [5.41, 5.74) is 8.07. The summed E-state index contributed by atoms with van der Waals surface area (Å²) >= 11 is 3.83. The monoisotopic (exact) mass is 1090 g/mol. The van der Waals surface area contributed by atoms with Crippen LogP contribution in [-0.2, 0) is 13.1 Å². The number of amidine groups is 2. The van der Waals surface area contributed by atoms with Gasteiger partial charge >= 0.3 is 0 Å². The average molecular weight is 1090 g/mol. The van der Waals surface area contributed by atoms with E-state index in [0.717, 1.165) is 59.7 Å². The largest absolute Gasteiger partial charge is 0.331 e. The van der Waals surface area contributed by atoms with Gasteiger partial charge in [0.05, 0.1) is 109 Å². The SMILES string of the molecule is C[N+](C)=C(C=Cc1sc2c3ccccc3ccc2[n+]1CCC[N+](C)(C)C)N1C=CC(CCCCCCCC2C=CN(C(C=Cc3sc4c5ccccc5ccc4[n+]3CCC[N+](C)(C)C)=[N+](C)C)c3ccccc32)c2ccccc21. The molecule has 2 aromatic heterocycles. The molecule has 0 amide bonds. The number of para-hydroxylation sites is 2. The smallest absolute Gasteiger partial charge is 0.281 e. The first-order chi connectivity index (χ1) is 38.1. The standard InChI is InChI=1S/C69H86N8S2/c1-70(2)64(40-42-66-74(46-24-50-76(5,6)7)62-38-36-52-28-16-18-32-58(52)68(62)78-66)72-48-44-54(56-30-20-22-34-60(56)72)26-14-12-11-13-15-27-55-45-49-73(61-35-23-21-31-57(55)61)65(71(3)4)41-43-67-75(47-25-51-77(8,9)10)63-39-37-53-29-17-19-33-59(53)69(63)79-67/h16-23,28-45,48-49,54-55H,11-15,24-27,46-47,50-51H2,1-10H3/q+6. The van der Waals surface area contributed by atoms with E-state index in [2.05, 4.69) is 269 Å². The molecule has 2 unspecified atom stereocenters. The van der Waals surface area contributed by atoms with Crippen LogP contribution in [0.3, 0.4) is 0 Å². The Morgan fingerprint density at radius 3 is 1.29 bits per heavy atom. The number of allylic oxidation sites excluding steroid dienone is 2. The second-order valence-corrected chi connectivity index (χ2v) is 26.5. The Hall–Kier alpha value is -6.56. The van der Waals surface area contributed by atoms with E-state index < -0.39 is 0 Å². The lowest BCUT2D eigenvalue weighted by molar-refractivity contribution is -0.873. The van der Waals surface area contributed by atoms with Gasteiger partial charge in [-0.3, -0.25) is 9.15 Å². The molecule has 0 saturated heterocycles. The van der Waals surface area contributed by atoms with E-state index in [4.69, 9.17) is 0 Å². The Morgan fingerprint density at radius 2 is 0.873 bits per heavy atom. The molecular weight excluding hydrogens is 1000 g/mol. The maximum absolute atomic E-state index is 2.55. The van der Waals surface area contributed by atoms with E-state index in [-0.39, 0.29) is 0 Å². The molecule has 0 aliphatic carbocycles. The van der Waals surface area contributed by atoms with Crippen LogP contribution in [0.25, 0.3) is 54.1 Å². The minimum absolute atomic E-state index is 0.411. The molecule has 2 aliphatic heterocycles.